The monoisotopic (exact) mass is 383 g/mol. The van der Waals surface area contributed by atoms with Gasteiger partial charge in [0.25, 0.3) is 0 Å². The molecule has 0 atom stereocenters. The van der Waals surface area contributed by atoms with Gasteiger partial charge in [-0.1, -0.05) is 12.1 Å². The number of nitrogens with zero attached hydrogens (tertiary/aromatic N) is 1. The zero-order valence-corrected chi connectivity index (χ0v) is 14.9. The Morgan fingerprint density at radius 3 is 2.88 bits per heavy atom. The van der Waals surface area contributed by atoms with E-state index in [0.717, 1.165) is 38.2 Å². The van der Waals surface area contributed by atoms with E-state index in [1.807, 2.05) is 0 Å². The molecule has 8 heteroatoms. The third-order valence-corrected chi connectivity index (χ3v) is 5.33. The minimum Gasteiger partial charge on any atom is -0.337 e. The minimum atomic E-state index is -4.38. The van der Waals surface area contributed by atoms with Crippen LogP contribution in [0.1, 0.15) is 21.6 Å². The molecule has 0 saturated carbocycles. The van der Waals surface area contributed by atoms with Crippen molar-refractivity contribution in [1.29, 1.82) is 0 Å². The Morgan fingerprint density at radius 2 is 2.08 bits per heavy atom. The number of fused-ring (bicyclic) bond motifs is 1. The van der Waals surface area contributed by atoms with E-state index in [4.69, 9.17) is 0 Å². The van der Waals surface area contributed by atoms with Crippen molar-refractivity contribution in [3.8, 4) is 0 Å². The molecule has 1 aliphatic rings. The van der Waals surface area contributed by atoms with Crippen LogP contribution in [0.2, 0.25) is 0 Å². The fourth-order valence-corrected chi connectivity index (χ4v) is 3.82. The van der Waals surface area contributed by atoms with Gasteiger partial charge in [0.2, 0.25) is 0 Å². The number of hydrogen-bond donors (Lipinski definition) is 2. The summed E-state index contributed by atoms with van der Waals surface area (Å²) in [7, 11) is 0. The van der Waals surface area contributed by atoms with E-state index in [-0.39, 0.29) is 12.6 Å². The molecule has 140 valence electrons. The van der Waals surface area contributed by atoms with Crippen molar-refractivity contribution in [2.45, 2.75) is 25.7 Å². The predicted molar refractivity (Wildman–Crippen MR) is 95.0 cm³/mol. The van der Waals surface area contributed by atoms with E-state index < -0.39 is 11.7 Å². The summed E-state index contributed by atoms with van der Waals surface area (Å²) in [6.07, 6.45) is -3.34. The number of thiophene rings is 1. The van der Waals surface area contributed by atoms with Crippen molar-refractivity contribution in [3.05, 3.63) is 57.3 Å². The summed E-state index contributed by atoms with van der Waals surface area (Å²) in [5.41, 5.74) is 1.06. The molecule has 2 heterocycles. The average molecular weight is 383 g/mol. The summed E-state index contributed by atoms with van der Waals surface area (Å²) >= 11 is 1.79. The Kier molecular flexibility index (Phi) is 5.83. The smallest absolute Gasteiger partial charge is 0.337 e. The Labute approximate surface area is 154 Å². The Bertz CT molecular complexity index is 760. The number of carbonyl (C=O) groups excluding carboxylic acids is 1. The van der Waals surface area contributed by atoms with Crippen LogP contribution in [-0.4, -0.2) is 30.6 Å². The first-order valence-corrected chi connectivity index (χ1v) is 9.25. The van der Waals surface area contributed by atoms with Gasteiger partial charge < -0.3 is 10.6 Å². The third kappa shape index (κ3) is 4.98. The van der Waals surface area contributed by atoms with Crippen LogP contribution < -0.4 is 10.6 Å². The number of halogens is 3. The molecule has 0 radical (unpaired) electrons. The largest absolute Gasteiger partial charge is 0.416 e. The molecule has 0 spiro atoms. The van der Waals surface area contributed by atoms with Crippen LogP contribution in [0, 0.1) is 0 Å². The normalized spacial score (nSPS) is 14.7. The number of benzene rings is 1. The quantitative estimate of drug-likeness (QED) is 0.828. The molecule has 26 heavy (non-hydrogen) atoms. The van der Waals surface area contributed by atoms with Crippen molar-refractivity contribution < 1.29 is 18.0 Å². The van der Waals surface area contributed by atoms with E-state index >= 15 is 0 Å². The lowest BCUT2D eigenvalue weighted by Gasteiger charge is -2.26. The Balaban J connectivity index is 1.39. The molecular weight excluding hydrogens is 363 g/mol. The van der Waals surface area contributed by atoms with Gasteiger partial charge in [0.05, 0.1) is 5.56 Å². The van der Waals surface area contributed by atoms with Gasteiger partial charge in [0.15, 0.2) is 0 Å². The maximum Gasteiger partial charge on any atom is 0.416 e. The molecular formula is C18H20F3N3OS. The van der Waals surface area contributed by atoms with Gasteiger partial charge in [0.1, 0.15) is 0 Å². The zero-order chi connectivity index (χ0) is 18.6. The Morgan fingerprint density at radius 1 is 1.23 bits per heavy atom. The molecule has 0 aliphatic carbocycles. The van der Waals surface area contributed by atoms with Crippen molar-refractivity contribution in [2.24, 2.45) is 0 Å². The van der Waals surface area contributed by atoms with E-state index in [2.05, 4.69) is 27.0 Å². The van der Waals surface area contributed by atoms with Gasteiger partial charge in [-0.3, -0.25) is 4.90 Å². The number of hydrogen-bond acceptors (Lipinski definition) is 3. The molecule has 1 aliphatic heterocycles. The highest BCUT2D eigenvalue weighted by Gasteiger charge is 2.30. The number of alkyl halides is 3. The highest BCUT2D eigenvalue weighted by Crippen LogP contribution is 2.29. The van der Waals surface area contributed by atoms with Crippen LogP contribution in [0.3, 0.4) is 0 Å². The van der Waals surface area contributed by atoms with Crippen LogP contribution >= 0.6 is 11.3 Å². The van der Waals surface area contributed by atoms with Gasteiger partial charge in [-0.25, -0.2) is 4.79 Å². The summed E-state index contributed by atoms with van der Waals surface area (Å²) in [5.74, 6) is 0. The van der Waals surface area contributed by atoms with Gasteiger partial charge in [-0.2, -0.15) is 13.2 Å². The number of nitrogens with one attached hydrogen (secondary N) is 2. The lowest BCUT2D eigenvalue weighted by molar-refractivity contribution is -0.137. The van der Waals surface area contributed by atoms with Crippen LogP contribution in [0.5, 0.6) is 0 Å². The molecule has 0 saturated heterocycles. The first-order chi connectivity index (χ1) is 12.4. The molecule has 1 aromatic heterocycles. The zero-order valence-electron chi connectivity index (χ0n) is 14.1. The number of carbonyl (C=O) groups is 1. The van der Waals surface area contributed by atoms with Crippen LogP contribution in [0.4, 0.5) is 18.0 Å². The lowest BCUT2D eigenvalue weighted by Crippen LogP contribution is -2.41. The highest BCUT2D eigenvalue weighted by atomic mass is 32.1. The van der Waals surface area contributed by atoms with Crippen LogP contribution in [0.25, 0.3) is 0 Å². The van der Waals surface area contributed by atoms with Crippen molar-refractivity contribution in [3.63, 3.8) is 0 Å². The predicted octanol–water partition coefficient (Wildman–Crippen LogP) is 3.62. The molecule has 2 amide bonds. The fourth-order valence-electron chi connectivity index (χ4n) is 2.93. The first-order valence-electron chi connectivity index (χ1n) is 8.37. The van der Waals surface area contributed by atoms with Crippen LogP contribution in [-0.2, 0) is 25.7 Å². The van der Waals surface area contributed by atoms with Gasteiger partial charge in [-0.15, -0.1) is 11.3 Å². The molecule has 1 aromatic carbocycles. The maximum atomic E-state index is 12.7. The second-order valence-corrected chi connectivity index (χ2v) is 7.20. The van der Waals surface area contributed by atoms with Crippen molar-refractivity contribution in [2.75, 3.05) is 19.6 Å². The third-order valence-electron chi connectivity index (χ3n) is 4.31. The number of urea groups is 1. The lowest BCUT2D eigenvalue weighted by atomic mass is 10.1. The molecule has 4 nitrogen and oxygen atoms in total. The topological polar surface area (TPSA) is 44.4 Å². The van der Waals surface area contributed by atoms with E-state index in [0.29, 0.717) is 12.1 Å². The van der Waals surface area contributed by atoms with Gasteiger partial charge in [0, 0.05) is 37.6 Å². The number of rotatable bonds is 5. The molecule has 0 fully saturated rings. The number of amides is 2. The Hall–Kier alpha value is -2.06. The molecule has 0 unspecified atom stereocenters. The summed E-state index contributed by atoms with van der Waals surface area (Å²) in [6, 6.07) is 6.72. The van der Waals surface area contributed by atoms with E-state index in [1.54, 1.807) is 17.4 Å². The second-order valence-electron chi connectivity index (χ2n) is 6.20. The molecule has 3 rings (SSSR count). The van der Waals surface area contributed by atoms with Gasteiger partial charge >= 0.3 is 12.2 Å². The summed E-state index contributed by atoms with van der Waals surface area (Å²) < 4.78 is 38.0. The van der Waals surface area contributed by atoms with E-state index in [9.17, 15) is 18.0 Å². The second kappa shape index (κ2) is 8.09. The fraction of sp³-hybridized carbons (Fsp3) is 0.389. The average Bonchev–Trinajstić information content (AvgIpc) is 3.07. The van der Waals surface area contributed by atoms with Crippen molar-refractivity contribution >= 4 is 17.4 Å². The molecule has 0 bridgehead atoms. The standard InChI is InChI=1S/C18H20F3N3OS/c19-18(20,21)15-3-1-2-13(10-15)11-23-17(25)22-6-8-24-7-4-16-14(12-24)5-9-26-16/h1-3,5,9-10H,4,6-8,11-12H2,(H2,22,23,25). The first kappa shape index (κ1) is 18.7. The molecule has 2 N–H and O–H groups in total. The van der Waals surface area contributed by atoms with Gasteiger partial charge in [-0.05, 0) is 41.1 Å². The summed E-state index contributed by atoms with van der Waals surface area (Å²) in [4.78, 5) is 15.6. The van der Waals surface area contributed by atoms with Crippen LogP contribution in [0.15, 0.2) is 35.7 Å². The maximum absolute atomic E-state index is 12.7. The summed E-state index contributed by atoms with van der Waals surface area (Å²) in [6.45, 7) is 3.16. The minimum absolute atomic E-state index is 0.0533. The molecule has 2 aromatic rings. The SMILES string of the molecule is O=C(NCCN1CCc2sccc2C1)NCc1cccc(C(F)(F)F)c1. The summed E-state index contributed by atoms with van der Waals surface area (Å²) in [5, 5.41) is 7.45. The van der Waals surface area contributed by atoms with Crippen molar-refractivity contribution in [1.82, 2.24) is 15.5 Å². The highest BCUT2D eigenvalue weighted by molar-refractivity contribution is 7.10. The van der Waals surface area contributed by atoms with E-state index in [1.165, 1.54) is 16.5 Å².